The predicted molar refractivity (Wildman–Crippen MR) is 306 cm³/mol. The molecule has 0 aliphatic carbocycles. The van der Waals surface area contributed by atoms with Crippen LogP contribution in [0.3, 0.4) is 0 Å². The fraction of sp³-hybridized carbons (Fsp3) is 0.906. The summed E-state index contributed by atoms with van der Waals surface area (Å²) < 4.78 is 5.49. The third-order valence-electron chi connectivity index (χ3n) is 14.8. The molecule has 0 aromatic rings. The second-order valence-corrected chi connectivity index (χ2v) is 21.7. The summed E-state index contributed by atoms with van der Waals surface area (Å²) in [4.78, 5) is 24.5. The summed E-state index contributed by atoms with van der Waals surface area (Å²) in [5, 5.41) is 23.1. The minimum Gasteiger partial charge on any atom is -0.466 e. The van der Waals surface area contributed by atoms with Crippen molar-refractivity contribution in [2.75, 3.05) is 13.2 Å². The molecule has 2 unspecified atom stereocenters. The van der Waals surface area contributed by atoms with Crippen molar-refractivity contribution < 1.29 is 24.5 Å². The van der Waals surface area contributed by atoms with Crippen LogP contribution >= 0.6 is 0 Å². The Labute approximate surface area is 437 Å². The third-order valence-corrected chi connectivity index (χ3v) is 14.8. The van der Waals surface area contributed by atoms with Gasteiger partial charge < -0.3 is 20.3 Å². The minimum atomic E-state index is -0.659. The van der Waals surface area contributed by atoms with Gasteiger partial charge in [0.1, 0.15) is 0 Å². The topological polar surface area (TPSA) is 95.9 Å². The highest BCUT2D eigenvalue weighted by Crippen LogP contribution is 2.18. The second kappa shape index (κ2) is 59.9. The number of allylic oxidation sites excluding steroid dienone is 4. The van der Waals surface area contributed by atoms with E-state index in [-0.39, 0.29) is 18.5 Å². The smallest absolute Gasteiger partial charge is 0.305 e. The molecular weight excluding hydrogens is 863 g/mol. The number of hydrogen-bond acceptors (Lipinski definition) is 5. The van der Waals surface area contributed by atoms with Crippen molar-refractivity contribution in [2.45, 2.75) is 360 Å². The molecule has 0 radical (unpaired) electrons. The van der Waals surface area contributed by atoms with Gasteiger partial charge in [-0.3, -0.25) is 9.59 Å². The first kappa shape index (κ1) is 68.3. The van der Waals surface area contributed by atoms with Gasteiger partial charge in [-0.2, -0.15) is 0 Å². The van der Waals surface area contributed by atoms with E-state index in [1.54, 1.807) is 0 Å². The van der Waals surface area contributed by atoms with Crippen LogP contribution in [-0.2, 0) is 14.3 Å². The molecule has 0 saturated heterocycles. The van der Waals surface area contributed by atoms with E-state index >= 15 is 0 Å². The lowest BCUT2D eigenvalue weighted by Crippen LogP contribution is -2.45. The van der Waals surface area contributed by atoms with E-state index < -0.39 is 12.1 Å². The molecule has 0 bridgehead atoms. The number of nitrogens with one attached hydrogen (secondary N) is 1. The number of carbonyl (C=O) groups is 2. The highest BCUT2D eigenvalue weighted by Gasteiger charge is 2.20. The van der Waals surface area contributed by atoms with Crippen LogP contribution < -0.4 is 5.32 Å². The Bertz CT molecular complexity index is 1090. The van der Waals surface area contributed by atoms with E-state index in [9.17, 15) is 19.8 Å². The van der Waals surface area contributed by atoms with Gasteiger partial charge in [-0.05, 0) is 57.8 Å². The number of ether oxygens (including phenoxy) is 1. The predicted octanol–water partition coefficient (Wildman–Crippen LogP) is 19.8. The van der Waals surface area contributed by atoms with E-state index in [1.165, 1.54) is 263 Å². The van der Waals surface area contributed by atoms with Gasteiger partial charge in [-0.25, -0.2) is 0 Å². The van der Waals surface area contributed by atoms with Gasteiger partial charge >= 0.3 is 5.97 Å². The number of aliphatic hydroxyl groups excluding tert-OH is 2. The maximum atomic E-state index is 12.4. The molecule has 0 saturated carbocycles. The zero-order valence-corrected chi connectivity index (χ0v) is 47.3. The Hall–Kier alpha value is -1.66. The molecule has 2 atom stereocenters. The highest BCUT2D eigenvalue weighted by atomic mass is 16.5. The van der Waals surface area contributed by atoms with Crippen LogP contribution in [0.5, 0.6) is 0 Å². The van der Waals surface area contributed by atoms with Gasteiger partial charge in [-0.1, -0.05) is 301 Å². The van der Waals surface area contributed by atoms with Crippen LogP contribution in [0.25, 0.3) is 0 Å². The van der Waals surface area contributed by atoms with Gasteiger partial charge in [0.15, 0.2) is 0 Å². The molecule has 0 rings (SSSR count). The first-order valence-electron chi connectivity index (χ1n) is 31.6. The van der Waals surface area contributed by atoms with Gasteiger partial charge in [-0.15, -0.1) is 0 Å². The summed E-state index contributed by atoms with van der Waals surface area (Å²) in [5.74, 6) is -0.0231. The quantitative estimate of drug-likeness (QED) is 0.0321. The first-order valence-corrected chi connectivity index (χ1v) is 31.6. The molecule has 0 aliphatic heterocycles. The zero-order valence-electron chi connectivity index (χ0n) is 47.3. The Morgan fingerprint density at radius 1 is 0.400 bits per heavy atom. The van der Waals surface area contributed by atoms with Crippen molar-refractivity contribution in [2.24, 2.45) is 0 Å². The summed E-state index contributed by atoms with van der Waals surface area (Å²) >= 11 is 0. The lowest BCUT2D eigenvalue weighted by molar-refractivity contribution is -0.143. The molecule has 3 N–H and O–H groups in total. The second-order valence-electron chi connectivity index (χ2n) is 21.7. The van der Waals surface area contributed by atoms with Crippen LogP contribution in [0.1, 0.15) is 348 Å². The number of rotatable bonds is 59. The van der Waals surface area contributed by atoms with E-state index in [2.05, 4.69) is 43.5 Å². The van der Waals surface area contributed by atoms with Crippen LogP contribution in [0.15, 0.2) is 24.3 Å². The lowest BCUT2D eigenvalue weighted by atomic mass is 10.0. The number of unbranched alkanes of at least 4 members (excludes halogenated alkanes) is 44. The van der Waals surface area contributed by atoms with Crippen molar-refractivity contribution in [1.82, 2.24) is 5.32 Å². The van der Waals surface area contributed by atoms with Gasteiger partial charge in [0.2, 0.25) is 5.91 Å². The fourth-order valence-electron chi connectivity index (χ4n) is 9.91. The number of carbonyl (C=O) groups excluding carboxylic acids is 2. The summed E-state index contributed by atoms with van der Waals surface area (Å²) in [5.41, 5.74) is 0. The van der Waals surface area contributed by atoms with Crippen molar-refractivity contribution in [3.05, 3.63) is 24.3 Å². The summed E-state index contributed by atoms with van der Waals surface area (Å²) in [7, 11) is 0. The molecule has 70 heavy (non-hydrogen) atoms. The van der Waals surface area contributed by atoms with E-state index in [4.69, 9.17) is 4.74 Å². The molecule has 0 fully saturated rings. The van der Waals surface area contributed by atoms with Crippen LogP contribution in [0.2, 0.25) is 0 Å². The average molecular weight is 987 g/mol. The van der Waals surface area contributed by atoms with Gasteiger partial charge in [0, 0.05) is 12.8 Å². The number of aliphatic hydroxyl groups is 2. The first-order chi connectivity index (χ1) is 34.5. The number of hydrogen-bond donors (Lipinski definition) is 3. The van der Waals surface area contributed by atoms with Crippen LogP contribution in [0.4, 0.5) is 0 Å². The van der Waals surface area contributed by atoms with E-state index in [0.29, 0.717) is 25.9 Å². The van der Waals surface area contributed by atoms with E-state index in [1.807, 2.05) is 0 Å². The van der Waals surface area contributed by atoms with Crippen molar-refractivity contribution in [1.29, 1.82) is 0 Å². The number of amides is 1. The molecule has 0 aromatic heterocycles. The molecule has 0 aromatic carbocycles. The molecule has 6 heteroatoms. The maximum Gasteiger partial charge on any atom is 0.305 e. The minimum absolute atomic E-state index is 0.0105. The molecule has 0 aliphatic rings. The lowest BCUT2D eigenvalue weighted by Gasteiger charge is -2.22. The molecule has 6 nitrogen and oxygen atoms in total. The Morgan fingerprint density at radius 2 is 0.714 bits per heavy atom. The normalized spacial score (nSPS) is 12.7. The average Bonchev–Trinajstić information content (AvgIpc) is 3.36. The maximum absolute atomic E-state index is 12.4. The summed E-state index contributed by atoms with van der Waals surface area (Å²) in [6.45, 7) is 4.92. The number of esters is 1. The fourth-order valence-corrected chi connectivity index (χ4v) is 9.91. The molecular formula is C64H123NO5. The standard InChI is InChI=1S/C64H123NO5/c1-3-5-7-9-11-13-14-15-16-28-32-35-38-42-46-50-54-58-64(69)70-59-55-51-47-43-39-36-33-30-27-25-23-21-19-17-18-20-22-24-26-29-31-34-37-41-45-49-53-57-63(68)65-61(60-66)62(67)56-52-48-44-40-12-10-8-6-4-2/h11,13,15-16,61-62,66-67H,3-10,12,14,17-60H2,1-2H3,(H,65,68)/b13-11-,16-15-. The Balaban J connectivity index is 3.31. The van der Waals surface area contributed by atoms with Crippen molar-refractivity contribution in [3.8, 4) is 0 Å². The third kappa shape index (κ3) is 55.7. The van der Waals surface area contributed by atoms with Crippen molar-refractivity contribution >= 4 is 11.9 Å². The summed E-state index contributed by atoms with van der Waals surface area (Å²) in [6, 6.07) is -0.537. The zero-order chi connectivity index (χ0) is 50.7. The molecule has 0 spiro atoms. The van der Waals surface area contributed by atoms with Crippen molar-refractivity contribution in [3.63, 3.8) is 0 Å². The molecule has 0 heterocycles. The van der Waals surface area contributed by atoms with Crippen LogP contribution in [-0.4, -0.2) is 47.4 Å². The van der Waals surface area contributed by atoms with Crippen LogP contribution in [0, 0.1) is 0 Å². The molecule has 1 amide bonds. The highest BCUT2D eigenvalue weighted by molar-refractivity contribution is 5.76. The monoisotopic (exact) mass is 986 g/mol. The SMILES string of the molecule is CCCCC/C=C\C/C=C\CCCCCCCCCC(=O)OCCCCCCCCCCCCCCCCCCCCCCCCCCCCCC(=O)NC(CO)C(O)CCCCCCCCCCC. The molecule has 414 valence electrons. The van der Waals surface area contributed by atoms with Gasteiger partial charge in [0.25, 0.3) is 0 Å². The Kier molecular flexibility index (Phi) is 58.5. The largest absolute Gasteiger partial charge is 0.466 e. The van der Waals surface area contributed by atoms with Gasteiger partial charge in [0.05, 0.1) is 25.4 Å². The van der Waals surface area contributed by atoms with E-state index in [0.717, 1.165) is 51.4 Å². The Morgan fingerprint density at radius 3 is 1.11 bits per heavy atom. The summed E-state index contributed by atoms with van der Waals surface area (Å²) in [6.07, 6.45) is 73.5.